The molecular formula is C11H12Cl2N2O3. The van der Waals surface area contributed by atoms with Gasteiger partial charge in [0.2, 0.25) is 0 Å². The highest BCUT2D eigenvalue weighted by molar-refractivity contribution is 6.36. The van der Waals surface area contributed by atoms with Crippen LogP contribution in [-0.4, -0.2) is 23.7 Å². The summed E-state index contributed by atoms with van der Waals surface area (Å²) in [7, 11) is 0. The van der Waals surface area contributed by atoms with E-state index < -0.39 is 12.0 Å². The van der Waals surface area contributed by atoms with Crippen LogP contribution in [0.5, 0.6) is 0 Å². The lowest BCUT2D eigenvalue weighted by atomic mass is 10.2. The monoisotopic (exact) mass is 290 g/mol. The number of rotatable bonds is 4. The van der Waals surface area contributed by atoms with Crippen molar-refractivity contribution in [1.29, 1.82) is 0 Å². The van der Waals surface area contributed by atoms with E-state index in [1.807, 2.05) is 0 Å². The number of anilines is 1. The summed E-state index contributed by atoms with van der Waals surface area (Å²) < 4.78 is 0. The fourth-order valence-electron chi connectivity index (χ4n) is 1.18. The van der Waals surface area contributed by atoms with Crippen molar-refractivity contribution in [3.8, 4) is 0 Å². The lowest BCUT2D eigenvalue weighted by Crippen LogP contribution is -2.30. The number of carboxylic acids is 1. The number of carboxylic acid groups (broad SMARTS) is 1. The first kappa shape index (κ1) is 14.6. The number of hydrogen-bond donors (Lipinski definition) is 3. The van der Waals surface area contributed by atoms with Gasteiger partial charge in [0.1, 0.15) is 0 Å². The molecule has 0 saturated heterocycles. The average Bonchev–Trinajstić information content (AvgIpc) is 2.25. The normalized spacial score (nSPS) is 9.94. The Morgan fingerprint density at radius 2 is 1.83 bits per heavy atom. The van der Waals surface area contributed by atoms with E-state index in [-0.39, 0.29) is 13.0 Å². The van der Waals surface area contributed by atoms with Crippen molar-refractivity contribution in [1.82, 2.24) is 5.32 Å². The predicted octanol–water partition coefficient (Wildman–Crippen LogP) is 2.90. The summed E-state index contributed by atoms with van der Waals surface area (Å²) in [5.74, 6) is -0.975. The van der Waals surface area contributed by atoms with E-state index in [1.54, 1.807) is 19.1 Å². The standard InChI is InChI=1S/C11H12Cl2N2O3/c1-6-8(12)4-7(5-9(6)13)15-11(18)14-3-2-10(16)17/h4-5H,2-3H2,1H3,(H,16,17)(H2,14,15,18). The van der Waals surface area contributed by atoms with Gasteiger partial charge in [-0.2, -0.15) is 0 Å². The third-order valence-electron chi connectivity index (χ3n) is 2.16. The Hall–Kier alpha value is -1.46. The van der Waals surface area contributed by atoms with Gasteiger partial charge in [-0.25, -0.2) is 4.79 Å². The van der Waals surface area contributed by atoms with Gasteiger partial charge in [-0.1, -0.05) is 23.2 Å². The van der Waals surface area contributed by atoms with E-state index in [0.29, 0.717) is 15.7 Å². The van der Waals surface area contributed by atoms with Gasteiger partial charge in [-0.3, -0.25) is 4.79 Å². The molecule has 7 heteroatoms. The molecule has 0 fully saturated rings. The molecule has 1 rings (SSSR count). The van der Waals surface area contributed by atoms with Crippen LogP contribution in [0.2, 0.25) is 10.0 Å². The predicted molar refractivity (Wildman–Crippen MR) is 70.5 cm³/mol. The quantitative estimate of drug-likeness (QED) is 0.798. The molecule has 0 aliphatic carbocycles. The van der Waals surface area contributed by atoms with Crippen LogP contribution in [-0.2, 0) is 4.79 Å². The van der Waals surface area contributed by atoms with Crippen LogP contribution in [0.15, 0.2) is 12.1 Å². The number of benzene rings is 1. The molecule has 2 amide bonds. The second kappa shape index (κ2) is 6.47. The lowest BCUT2D eigenvalue weighted by Gasteiger charge is -2.09. The maximum Gasteiger partial charge on any atom is 0.319 e. The topological polar surface area (TPSA) is 78.4 Å². The zero-order valence-corrected chi connectivity index (χ0v) is 11.1. The van der Waals surface area contributed by atoms with E-state index in [9.17, 15) is 9.59 Å². The summed E-state index contributed by atoms with van der Waals surface area (Å²) in [6, 6.07) is 2.63. The van der Waals surface area contributed by atoms with Crippen LogP contribution in [0, 0.1) is 6.92 Å². The molecule has 3 N–H and O–H groups in total. The van der Waals surface area contributed by atoms with Crippen LogP contribution in [0.3, 0.4) is 0 Å². The Bertz CT molecular complexity index is 454. The molecule has 0 aliphatic rings. The first-order chi connectivity index (χ1) is 8.40. The van der Waals surface area contributed by atoms with Gasteiger partial charge in [0.05, 0.1) is 6.42 Å². The van der Waals surface area contributed by atoms with E-state index >= 15 is 0 Å². The Kier molecular flexibility index (Phi) is 5.25. The fraction of sp³-hybridized carbons (Fsp3) is 0.273. The number of nitrogens with one attached hydrogen (secondary N) is 2. The zero-order valence-electron chi connectivity index (χ0n) is 9.59. The number of halogens is 2. The molecule has 0 spiro atoms. The Morgan fingerprint density at radius 3 is 2.33 bits per heavy atom. The fourth-order valence-corrected chi connectivity index (χ4v) is 1.66. The molecular weight excluding hydrogens is 279 g/mol. The number of carbonyl (C=O) groups is 2. The molecule has 0 heterocycles. The minimum absolute atomic E-state index is 0.0501. The Morgan fingerprint density at radius 1 is 1.28 bits per heavy atom. The molecule has 1 aromatic carbocycles. The van der Waals surface area contributed by atoms with Crippen LogP contribution < -0.4 is 10.6 Å². The number of hydrogen-bond acceptors (Lipinski definition) is 2. The molecule has 1 aromatic rings. The SMILES string of the molecule is Cc1c(Cl)cc(NC(=O)NCCC(=O)O)cc1Cl. The summed E-state index contributed by atoms with van der Waals surface area (Å²) >= 11 is 11.8. The van der Waals surface area contributed by atoms with Crippen molar-refractivity contribution < 1.29 is 14.7 Å². The average molecular weight is 291 g/mol. The van der Waals surface area contributed by atoms with Gasteiger partial charge in [0.15, 0.2) is 0 Å². The third kappa shape index (κ3) is 4.43. The second-order valence-electron chi connectivity index (χ2n) is 3.59. The molecule has 0 aliphatic heterocycles. The number of aliphatic carboxylic acids is 1. The molecule has 98 valence electrons. The van der Waals surface area contributed by atoms with E-state index in [2.05, 4.69) is 10.6 Å². The van der Waals surface area contributed by atoms with Crippen LogP contribution in [0.25, 0.3) is 0 Å². The van der Waals surface area contributed by atoms with Crippen LogP contribution >= 0.6 is 23.2 Å². The molecule has 18 heavy (non-hydrogen) atoms. The molecule has 0 aromatic heterocycles. The summed E-state index contributed by atoms with van der Waals surface area (Å²) in [6.45, 7) is 1.82. The van der Waals surface area contributed by atoms with E-state index in [1.165, 1.54) is 0 Å². The summed E-state index contributed by atoms with van der Waals surface area (Å²) in [4.78, 5) is 21.7. The van der Waals surface area contributed by atoms with E-state index in [4.69, 9.17) is 28.3 Å². The van der Waals surface area contributed by atoms with Crippen molar-refractivity contribution >= 4 is 40.9 Å². The molecule has 0 bridgehead atoms. The van der Waals surface area contributed by atoms with Crippen LogP contribution in [0.4, 0.5) is 10.5 Å². The Labute approximate surface area is 114 Å². The highest BCUT2D eigenvalue weighted by atomic mass is 35.5. The van der Waals surface area contributed by atoms with Crippen molar-refractivity contribution in [3.05, 3.63) is 27.7 Å². The summed E-state index contributed by atoms with van der Waals surface area (Å²) in [5.41, 5.74) is 1.18. The minimum atomic E-state index is -0.975. The van der Waals surface area contributed by atoms with Crippen molar-refractivity contribution in [3.63, 3.8) is 0 Å². The van der Waals surface area contributed by atoms with Gasteiger partial charge < -0.3 is 15.7 Å². The highest BCUT2D eigenvalue weighted by Crippen LogP contribution is 2.27. The molecule has 0 unspecified atom stereocenters. The zero-order chi connectivity index (χ0) is 13.7. The van der Waals surface area contributed by atoms with Gasteiger partial charge in [0, 0.05) is 22.3 Å². The Balaban J connectivity index is 2.57. The summed E-state index contributed by atoms with van der Waals surface area (Å²) in [6.07, 6.45) is -0.136. The number of amides is 2. The first-order valence-corrected chi connectivity index (χ1v) is 5.88. The van der Waals surface area contributed by atoms with Gasteiger partial charge >= 0.3 is 12.0 Å². The highest BCUT2D eigenvalue weighted by Gasteiger charge is 2.07. The van der Waals surface area contributed by atoms with E-state index in [0.717, 1.165) is 5.56 Å². The molecule has 0 radical (unpaired) electrons. The molecule has 0 atom stereocenters. The van der Waals surface area contributed by atoms with Crippen molar-refractivity contribution in [2.45, 2.75) is 13.3 Å². The van der Waals surface area contributed by atoms with Crippen LogP contribution in [0.1, 0.15) is 12.0 Å². The maximum atomic E-state index is 11.4. The minimum Gasteiger partial charge on any atom is -0.481 e. The van der Waals surface area contributed by atoms with Gasteiger partial charge in [0.25, 0.3) is 0 Å². The lowest BCUT2D eigenvalue weighted by molar-refractivity contribution is -0.136. The molecule has 5 nitrogen and oxygen atoms in total. The maximum absolute atomic E-state index is 11.4. The number of urea groups is 1. The first-order valence-electron chi connectivity index (χ1n) is 5.12. The summed E-state index contributed by atoms with van der Waals surface area (Å²) in [5, 5.41) is 14.2. The number of carbonyl (C=O) groups excluding carboxylic acids is 1. The van der Waals surface area contributed by atoms with Gasteiger partial charge in [-0.05, 0) is 24.6 Å². The molecule has 0 saturated carbocycles. The second-order valence-corrected chi connectivity index (χ2v) is 4.40. The van der Waals surface area contributed by atoms with Crippen molar-refractivity contribution in [2.24, 2.45) is 0 Å². The van der Waals surface area contributed by atoms with Gasteiger partial charge in [-0.15, -0.1) is 0 Å². The van der Waals surface area contributed by atoms with Crippen molar-refractivity contribution in [2.75, 3.05) is 11.9 Å². The smallest absolute Gasteiger partial charge is 0.319 e. The third-order valence-corrected chi connectivity index (χ3v) is 2.95. The largest absolute Gasteiger partial charge is 0.481 e.